The first-order valence-corrected chi connectivity index (χ1v) is 3.90. The Morgan fingerprint density at radius 1 is 1.38 bits per heavy atom. The smallest absolute Gasteiger partial charge is 0.193 e. The van der Waals surface area contributed by atoms with Crippen LogP contribution in [0.15, 0.2) is 24.3 Å². The van der Waals surface area contributed by atoms with Crippen molar-refractivity contribution < 1.29 is 9.53 Å². The highest BCUT2D eigenvalue weighted by molar-refractivity contribution is 5.73. The van der Waals surface area contributed by atoms with E-state index in [9.17, 15) is 4.79 Å². The number of rotatable bonds is 2. The van der Waals surface area contributed by atoms with Crippen LogP contribution in [-0.4, -0.2) is 13.4 Å². The van der Waals surface area contributed by atoms with Crippen molar-refractivity contribution in [2.24, 2.45) is 0 Å². The van der Waals surface area contributed by atoms with E-state index in [1.807, 2.05) is 24.3 Å². The van der Waals surface area contributed by atoms with E-state index in [0.717, 1.165) is 11.1 Å². The molecule has 0 amide bonds. The highest BCUT2D eigenvalue weighted by atomic mass is 16.5. The normalized spacial score (nSPS) is 8.69. The second-order valence-corrected chi connectivity index (χ2v) is 2.52. The van der Waals surface area contributed by atoms with E-state index < -0.39 is 0 Å². The summed E-state index contributed by atoms with van der Waals surface area (Å²) in [5, 5.41) is 0. The topological polar surface area (TPSA) is 26.3 Å². The van der Waals surface area contributed by atoms with Crippen LogP contribution in [0.2, 0.25) is 0 Å². The fourth-order valence-corrected chi connectivity index (χ4v) is 0.964. The number of ether oxygens (including phenoxy) is 1. The van der Waals surface area contributed by atoms with Gasteiger partial charge in [0.25, 0.3) is 0 Å². The van der Waals surface area contributed by atoms with Gasteiger partial charge in [-0.2, -0.15) is 0 Å². The van der Waals surface area contributed by atoms with E-state index in [1.54, 1.807) is 7.11 Å². The molecule has 1 rings (SSSR count). The third-order valence-corrected chi connectivity index (χ3v) is 1.54. The first-order chi connectivity index (χ1) is 6.36. The standard InChI is InChI=1S/C11H10O2/c1-13-9-11-6-4-10(5-7-11)3-2-8-12/h4-8H,9H2,1H3. The molecular weight excluding hydrogens is 164 g/mol. The molecule has 2 nitrogen and oxygen atoms in total. The third-order valence-electron chi connectivity index (χ3n) is 1.54. The molecule has 0 bridgehead atoms. The highest BCUT2D eigenvalue weighted by Gasteiger charge is 1.90. The predicted molar refractivity (Wildman–Crippen MR) is 50.1 cm³/mol. The van der Waals surface area contributed by atoms with Crippen molar-refractivity contribution >= 4 is 6.29 Å². The first kappa shape index (κ1) is 9.50. The molecule has 0 saturated heterocycles. The third kappa shape index (κ3) is 3.10. The fourth-order valence-electron chi connectivity index (χ4n) is 0.964. The van der Waals surface area contributed by atoms with E-state index in [4.69, 9.17) is 4.74 Å². The molecule has 0 saturated carbocycles. The molecule has 0 fully saturated rings. The summed E-state index contributed by atoms with van der Waals surface area (Å²) in [5.41, 5.74) is 1.94. The summed E-state index contributed by atoms with van der Waals surface area (Å²) in [6, 6.07) is 7.59. The van der Waals surface area contributed by atoms with Crippen LogP contribution >= 0.6 is 0 Å². The van der Waals surface area contributed by atoms with Crippen LogP contribution in [-0.2, 0) is 16.1 Å². The first-order valence-electron chi connectivity index (χ1n) is 3.90. The van der Waals surface area contributed by atoms with Crippen molar-refractivity contribution in [1.29, 1.82) is 0 Å². The van der Waals surface area contributed by atoms with E-state index >= 15 is 0 Å². The second kappa shape index (κ2) is 5.13. The zero-order valence-corrected chi connectivity index (χ0v) is 7.41. The van der Waals surface area contributed by atoms with Crippen molar-refractivity contribution in [3.8, 4) is 11.8 Å². The minimum absolute atomic E-state index is 0.586. The van der Waals surface area contributed by atoms with Gasteiger partial charge >= 0.3 is 0 Å². The molecule has 0 aliphatic heterocycles. The number of hydrogen-bond donors (Lipinski definition) is 0. The molecule has 66 valence electrons. The zero-order valence-electron chi connectivity index (χ0n) is 7.41. The van der Waals surface area contributed by atoms with Crippen LogP contribution in [0.4, 0.5) is 0 Å². The molecular formula is C11H10O2. The lowest BCUT2D eigenvalue weighted by Gasteiger charge is -1.97. The van der Waals surface area contributed by atoms with Gasteiger partial charge in [-0.25, -0.2) is 0 Å². The molecule has 0 unspecified atom stereocenters. The molecule has 1 aromatic rings. The average Bonchev–Trinajstić information content (AvgIpc) is 2.17. The van der Waals surface area contributed by atoms with Gasteiger partial charge in [0.05, 0.1) is 6.61 Å². The number of carbonyl (C=O) groups excluding carboxylic acids is 1. The van der Waals surface area contributed by atoms with Gasteiger partial charge in [0.15, 0.2) is 6.29 Å². The number of benzene rings is 1. The Kier molecular flexibility index (Phi) is 3.74. The van der Waals surface area contributed by atoms with E-state index in [-0.39, 0.29) is 0 Å². The Hall–Kier alpha value is -1.59. The fraction of sp³-hybridized carbons (Fsp3) is 0.182. The van der Waals surface area contributed by atoms with Gasteiger partial charge in [0, 0.05) is 12.7 Å². The highest BCUT2D eigenvalue weighted by Crippen LogP contribution is 2.03. The summed E-state index contributed by atoms with van der Waals surface area (Å²) in [4.78, 5) is 9.95. The number of hydrogen-bond acceptors (Lipinski definition) is 2. The average molecular weight is 174 g/mol. The van der Waals surface area contributed by atoms with E-state index in [2.05, 4.69) is 11.8 Å². The van der Waals surface area contributed by atoms with Crippen molar-refractivity contribution in [1.82, 2.24) is 0 Å². The van der Waals surface area contributed by atoms with E-state index in [1.165, 1.54) is 0 Å². The second-order valence-electron chi connectivity index (χ2n) is 2.52. The summed E-state index contributed by atoms with van der Waals surface area (Å²) >= 11 is 0. The summed E-state index contributed by atoms with van der Waals surface area (Å²) in [6.45, 7) is 0.599. The molecule has 0 spiro atoms. The van der Waals surface area contributed by atoms with Crippen LogP contribution in [0.5, 0.6) is 0 Å². The molecule has 0 aliphatic rings. The molecule has 0 aromatic heterocycles. The van der Waals surface area contributed by atoms with Gasteiger partial charge in [-0.1, -0.05) is 18.1 Å². The molecule has 0 N–H and O–H groups in total. The summed E-state index contributed by atoms with van der Waals surface area (Å²) < 4.78 is 4.96. The van der Waals surface area contributed by atoms with Gasteiger partial charge in [-0.15, -0.1) is 0 Å². The monoisotopic (exact) mass is 174 g/mol. The molecule has 1 aromatic carbocycles. The Labute approximate surface area is 77.5 Å². The summed E-state index contributed by atoms with van der Waals surface area (Å²) in [5.74, 6) is 5.06. The van der Waals surface area contributed by atoms with Crippen molar-refractivity contribution in [2.45, 2.75) is 6.61 Å². The lowest BCUT2D eigenvalue weighted by atomic mass is 10.1. The number of methoxy groups -OCH3 is 1. The Morgan fingerprint density at radius 2 is 2.08 bits per heavy atom. The summed E-state index contributed by atoms with van der Waals surface area (Å²) in [6.07, 6.45) is 0.586. The molecule has 0 radical (unpaired) electrons. The Balaban J connectivity index is 2.74. The Morgan fingerprint density at radius 3 is 2.62 bits per heavy atom. The molecule has 2 heteroatoms. The van der Waals surface area contributed by atoms with Crippen molar-refractivity contribution in [2.75, 3.05) is 7.11 Å². The van der Waals surface area contributed by atoms with E-state index in [0.29, 0.717) is 12.9 Å². The quantitative estimate of drug-likeness (QED) is 0.500. The van der Waals surface area contributed by atoms with Gasteiger partial charge in [-0.3, -0.25) is 4.79 Å². The largest absolute Gasteiger partial charge is 0.380 e. The van der Waals surface area contributed by atoms with Crippen molar-refractivity contribution in [3.63, 3.8) is 0 Å². The van der Waals surface area contributed by atoms with Gasteiger partial charge in [0.1, 0.15) is 0 Å². The van der Waals surface area contributed by atoms with Crippen LogP contribution in [0, 0.1) is 11.8 Å². The Bertz CT molecular complexity index is 327. The SMILES string of the molecule is COCc1ccc(C#CC=O)cc1. The number of carbonyl (C=O) groups is 1. The predicted octanol–water partition coefficient (Wildman–Crippen LogP) is 1.38. The number of aldehydes is 1. The lowest BCUT2D eigenvalue weighted by Crippen LogP contribution is -1.86. The van der Waals surface area contributed by atoms with Crippen molar-refractivity contribution in [3.05, 3.63) is 35.4 Å². The molecule has 0 aliphatic carbocycles. The lowest BCUT2D eigenvalue weighted by molar-refractivity contribution is -0.103. The van der Waals surface area contributed by atoms with Crippen LogP contribution < -0.4 is 0 Å². The van der Waals surface area contributed by atoms with Gasteiger partial charge in [-0.05, 0) is 23.6 Å². The minimum atomic E-state index is 0.586. The van der Waals surface area contributed by atoms with Crippen LogP contribution in [0.1, 0.15) is 11.1 Å². The van der Waals surface area contributed by atoms with Gasteiger partial charge < -0.3 is 4.74 Å². The molecule has 0 atom stereocenters. The molecule has 0 heterocycles. The summed E-state index contributed by atoms with van der Waals surface area (Å²) in [7, 11) is 1.65. The van der Waals surface area contributed by atoms with Crippen LogP contribution in [0.3, 0.4) is 0 Å². The maximum Gasteiger partial charge on any atom is 0.193 e. The maximum absolute atomic E-state index is 9.95. The maximum atomic E-state index is 9.95. The molecule has 13 heavy (non-hydrogen) atoms. The van der Waals surface area contributed by atoms with Crippen LogP contribution in [0.25, 0.3) is 0 Å². The zero-order chi connectivity index (χ0) is 9.52. The van der Waals surface area contributed by atoms with Gasteiger partial charge in [0.2, 0.25) is 0 Å². The minimum Gasteiger partial charge on any atom is -0.380 e.